The number of amides is 2. The molecule has 1 aromatic carbocycles. The first-order valence-electron chi connectivity index (χ1n) is 11.8. The molecule has 2 amide bonds. The van der Waals surface area contributed by atoms with E-state index in [9.17, 15) is 9.59 Å². The maximum Gasteiger partial charge on any atom is 0.261 e. The summed E-state index contributed by atoms with van der Waals surface area (Å²) >= 11 is 1.55. The lowest BCUT2D eigenvalue weighted by molar-refractivity contribution is -0.120. The van der Waals surface area contributed by atoms with Gasteiger partial charge in [0.2, 0.25) is 5.91 Å². The Morgan fingerprint density at radius 1 is 1.06 bits per heavy atom. The molecule has 184 valence electrons. The minimum Gasteiger partial charge on any atom is -0.493 e. The molecular formula is C25H33N3O5S. The van der Waals surface area contributed by atoms with Crippen molar-refractivity contribution in [1.82, 2.24) is 15.5 Å². The molecule has 0 bridgehead atoms. The highest BCUT2D eigenvalue weighted by Gasteiger charge is 2.25. The smallest absolute Gasteiger partial charge is 0.261 e. The van der Waals surface area contributed by atoms with Crippen molar-refractivity contribution in [2.24, 2.45) is 0 Å². The standard InChI is InChI=1S/C25H33N3O5S/c1-31-20-8-7-17(13-21(20)32-2)19(28-9-11-33-12-10-28)15-26-24(29)16-27-25(30)23-14-18-5-3-4-6-22(18)34-23/h7-8,13-14,19H,3-6,9-12,15-16H2,1-2H3,(H,26,29)(H,27,30). The summed E-state index contributed by atoms with van der Waals surface area (Å²) in [5, 5.41) is 5.77. The number of thiophene rings is 1. The monoisotopic (exact) mass is 487 g/mol. The molecule has 1 unspecified atom stereocenters. The number of carbonyl (C=O) groups excluding carboxylic acids is 2. The number of nitrogens with zero attached hydrogens (tertiary/aromatic N) is 1. The van der Waals surface area contributed by atoms with E-state index in [1.165, 1.54) is 23.3 Å². The van der Waals surface area contributed by atoms with Crippen molar-refractivity contribution < 1.29 is 23.8 Å². The molecule has 1 aromatic heterocycles. The van der Waals surface area contributed by atoms with E-state index >= 15 is 0 Å². The summed E-state index contributed by atoms with van der Waals surface area (Å²) in [5.74, 6) is 0.914. The number of aryl methyl sites for hydroxylation is 2. The zero-order valence-electron chi connectivity index (χ0n) is 19.9. The Balaban J connectivity index is 1.36. The molecule has 9 heteroatoms. The van der Waals surface area contributed by atoms with Crippen molar-refractivity contribution in [3.05, 3.63) is 45.1 Å². The minimum atomic E-state index is -0.214. The van der Waals surface area contributed by atoms with Crippen LogP contribution in [0.5, 0.6) is 11.5 Å². The second kappa shape index (κ2) is 11.7. The third-order valence-electron chi connectivity index (χ3n) is 6.40. The molecule has 2 N–H and O–H groups in total. The van der Waals surface area contributed by atoms with Crippen molar-refractivity contribution in [1.29, 1.82) is 0 Å². The summed E-state index contributed by atoms with van der Waals surface area (Å²) in [6.45, 7) is 3.21. The van der Waals surface area contributed by atoms with E-state index in [0.29, 0.717) is 36.1 Å². The molecule has 0 saturated carbocycles. The molecule has 2 heterocycles. The van der Waals surface area contributed by atoms with Crippen molar-refractivity contribution >= 4 is 23.2 Å². The number of nitrogens with one attached hydrogen (secondary N) is 2. The molecule has 2 aliphatic rings. The van der Waals surface area contributed by atoms with Crippen LogP contribution in [-0.4, -0.2) is 70.3 Å². The highest BCUT2D eigenvalue weighted by Crippen LogP contribution is 2.32. The molecule has 1 aliphatic heterocycles. The van der Waals surface area contributed by atoms with E-state index in [0.717, 1.165) is 31.5 Å². The summed E-state index contributed by atoms with van der Waals surface area (Å²) in [6.07, 6.45) is 4.45. The molecule has 1 fully saturated rings. The fraction of sp³-hybridized carbons (Fsp3) is 0.520. The van der Waals surface area contributed by atoms with Crippen molar-refractivity contribution in [3.8, 4) is 11.5 Å². The van der Waals surface area contributed by atoms with Crippen LogP contribution in [0.1, 0.15) is 44.6 Å². The van der Waals surface area contributed by atoms with Crippen molar-refractivity contribution in [3.63, 3.8) is 0 Å². The van der Waals surface area contributed by atoms with E-state index in [-0.39, 0.29) is 24.4 Å². The average molecular weight is 488 g/mol. The summed E-state index contributed by atoms with van der Waals surface area (Å²) < 4.78 is 16.3. The Bertz CT molecular complexity index is 979. The minimum absolute atomic E-state index is 0.0487. The molecule has 0 spiro atoms. The molecule has 2 aromatic rings. The number of hydrogen-bond donors (Lipinski definition) is 2. The Hall–Kier alpha value is -2.62. The van der Waals surface area contributed by atoms with Gasteiger partial charge in [-0.3, -0.25) is 14.5 Å². The van der Waals surface area contributed by atoms with Crippen LogP contribution in [0.2, 0.25) is 0 Å². The third-order valence-corrected chi connectivity index (χ3v) is 7.64. The molecule has 1 aliphatic carbocycles. The van der Waals surface area contributed by atoms with Crippen LogP contribution < -0.4 is 20.1 Å². The lowest BCUT2D eigenvalue weighted by Crippen LogP contribution is -2.45. The number of fused-ring (bicyclic) bond motifs is 1. The van der Waals surface area contributed by atoms with Gasteiger partial charge in [-0.1, -0.05) is 6.07 Å². The number of ether oxygens (including phenoxy) is 3. The van der Waals surface area contributed by atoms with Gasteiger partial charge in [-0.05, 0) is 55.0 Å². The van der Waals surface area contributed by atoms with Crippen molar-refractivity contribution in [2.75, 3.05) is 53.6 Å². The normalized spacial score (nSPS) is 16.9. The van der Waals surface area contributed by atoms with E-state index in [1.807, 2.05) is 24.3 Å². The quantitative estimate of drug-likeness (QED) is 0.565. The van der Waals surface area contributed by atoms with Crippen molar-refractivity contribution in [2.45, 2.75) is 31.7 Å². The highest BCUT2D eigenvalue weighted by atomic mass is 32.1. The lowest BCUT2D eigenvalue weighted by Gasteiger charge is -2.35. The zero-order valence-corrected chi connectivity index (χ0v) is 20.7. The topological polar surface area (TPSA) is 89.1 Å². The van der Waals surface area contributed by atoms with Crippen LogP contribution in [0.3, 0.4) is 0 Å². The Morgan fingerprint density at radius 2 is 1.82 bits per heavy atom. The van der Waals surface area contributed by atoms with E-state index in [2.05, 4.69) is 15.5 Å². The van der Waals surface area contributed by atoms with Gasteiger partial charge in [0.05, 0.1) is 44.9 Å². The van der Waals surface area contributed by atoms with Crippen LogP contribution in [-0.2, 0) is 22.4 Å². The molecule has 0 radical (unpaired) electrons. The van der Waals surface area contributed by atoms with Gasteiger partial charge in [0.25, 0.3) is 5.91 Å². The first-order chi connectivity index (χ1) is 16.6. The molecule has 34 heavy (non-hydrogen) atoms. The Kier molecular flexibility index (Phi) is 8.42. The van der Waals surface area contributed by atoms with Gasteiger partial charge < -0.3 is 24.8 Å². The number of hydrogen-bond acceptors (Lipinski definition) is 7. The summed E-state index contributed by atoms with van der Waals surface area (Å²) in [7, 11) is 3.22. The second-order valence-corrected chi connectivity index (χ2v) is 9.67. The van der Waals surface area contributed by atoms with Gasteiger partial charge in [0, 0.05) is 24.5 Å². The van der Waals surface area contributed by atoms with E-state index in [1.54, 1.807) is 25.6 Å². The van der Waals surface area contributed by atoms with Crippen LogP contribution >= 0.6 is 11.3 Å². The van der Waals surface area contributed by atoms with Crippen LogP contribution in [0.15, 0.2) is 24.3 Å². The Morgan fingerprint density at radius 3 is 2.56 bits per heavy atom. The number of methoxy groups -OCH3 is 2. The number of rotatable bonds is 9. The molecular weight excluding hydrogens is 454 g/mol. The van der Waals surface area contributed by atoms with Gasteiger partial charge in [0.1, 0.15) is 0 Å². The maximum absolute atomic E-state index is 12.6. The third kappa shape index (κ3) is 5.89. The van der Waals surface area contributed by atoms with Crippen LogP contribution in [0.4, 0.5) is 0 Å². The number of morpholine rings is 1. The van der Waals surface area contributed by atoms with E-state index in [4.69, 9.17) is 14.2 Å². The summed E-state index contributed by atoms with van der Waals surface area (Å²) in [5.41, 5.74) is 2.31. The van der Waals surface area contributed by atoms with Gasteiger partial charge >= 0.3 is 0 Å². The summed E-state index contributed by atoms with van der Waals surface area (Å²) in [4.78, 5) is 29.5. The predicted molar refractivity (Wildman–Crippen MR) is 131 cm³/mol. The number of carbonyl (C=O) groups is 2. The lowest BCUT2D eigenvalue weighted by atomic mass is 9.99. The highest BCUT2D eigenvalue weighted by molar-refractivity contribution is 7.14. The first-order valence-corrected chi connectivity index (χ1v) is 12.6. The fourth-order valence-electron chi connectivity index (χ4n) is 4.53. The Labute approximate surface area is 204 Å². The fourth-order valence-corrected chi connectivity index (χ4v) is 5.70. The summed E-state index contributed by atoms with van der Waals surface area (Å²) in [6, 6.07) is 7.76. The molecule has 1 atom stereocenters. The van der Waals surface area contributed by atoms with Gasteiger partial charge in [-0.2, -0.15) is 0 Å². The maximum atomic E-state index is 12.6. The number of benzene rings is 1. The average Bonchev–Trinajstić information content (AvgIpc) is 3.32. The SMILES string of the molecule is COc1ccc(C(CNC(=O)CNC(=O)c2cc3c(s2)CCCC3)N2CCOCC2)cc1OC. The van der Waals surface area contributed by atoms with Gasteiger partial charge in [0.15, 0.2) is 11.5 Å². The molecule has 4 rings (SSSR count). The zero-order chi connectivity index (χ0) is 23.9. The predicted octanol–water partition coefficient (Wildman–Crippen LogP) is 2.56. The first kappa shape index (κ1) is 24.5. The van der Waals surface area contributed by atoms with Crippen LogP contribution in [0.25, 0.3) is 0 Å². The molecule has 1 saturated heterocycles. The largest absolute Gasteiger partial charge is 0.493 e. The van der Waals surface area contributed by atoms with Gasteiger partial charge in [-0.15, -0.1) is 11.3 Å². The van der Waals surface area contributed by atoms with Crippen LogP contribution in [0, 0.1) is 0 Å². The van der Waals surface area contributed by atoms with Gasteiger partial charge in [-0.25, -0.2) is 0 Å². The second-order valence-electron chi connectivity index (χ2n) is 8.53. The molecule has 8 nitrogen and oxygen atoms in total. The van der Waals surface area contributed by atoms with E-state index < -0.39 is 0 Å².